The average molecular weight is 367 g/mol. The summed E-state index contributed by atoms with van der Waals surface area (Å²) in [6.45, 7) is 6.93. The number of anilines is 1. The lowest BCUT2D eigenvalue weighted by molar-refractivity contribution is -0.384. The van der Waals surface area contributed by atoms with Gasteiger partial charge in [-0.1, -0.05) is 0 Å². The first-order chi connectivity index (χ1) is 12.1. The normalized spacial score (nSPS) is 14.7. The first-order valence-electron chi connectivity index (χ1n) is 8.45. The second-order valence-corrected chi connectivity index (χ2v) is 6.13. The SMILES string of the molecule is O=[N+]([O-])c1ccc(NCCNC(=S)NCCCN2CCOCC2)cc1. The van der Waals surface area contributed by atoms with Crippen LogP contribution in [-0.2, 0) is 4.74 Å². The van der Waals surface area contributed by atoms with Crippen LogP contribution in [-0.4, -0.2) is 67.4 Å². The molecule has 0 bridgehead atoms. The van der Waals surface area contributed by atoms with E-state index in [1.807, 2.05) is 0 Å². The van der Waals surface area contributed by atoms with Crippen LogP contribution in [0.15, 0.2) is 24.3 Å². The fraction of sp³-hybridized carbons (Fsp3) is 0.562. The van der Waals surface area contributed by atoms with E-state index >= 15 is 0 Å². The van der Waals surface area contributed by atoms with Crippen LogP contribution >= 0.6 is 12.2 Å². The van der Waals surface area contributed by atoms with Gasteiger partial charge in [-0.25, -0.2) is 0 Å². The molecule has 1 fully saturated rings. The highest BCUT2D eigenvalue weighted by molar-refractivity contribution is 7.80. The van der Waals surface area contributed by atoms with Crippen molar-refractivity contribution >= 4 is 28.7 Å². The molecule has 3 N–H and O–H groups in total. The fourth-order valence-electron chi connectivity index (χ4n) is 2.48. The number of hydrogen-bond acceptors (Lipinski definition) is 6. The molecule has 0 spiro atoms. The molecule has 1 aliphatic heterocycles. The third-order valence-corrected chi connectivity index (χ3v) is 4.15. The Labute approximate surface area is 153 Å². The van der Waals surface area contributed by atoms with Gasteiger partial charge in [0.1, 0.15) is 0 Å². The van der Waals surface area contributed by atoms with Crippen molar-refractivity contribution < 1.29 is 9.66 Å². The molecule has 0 aliphatic carbocycles. The number of ether oxygens (including phenoxy) is 1. The minimum absolute atomic E-state index is 0.0890. The standard InChI is InChI=1S/C16H25N5O3S/c22-21(23)15-4-2-14(3-5-15)17-7-8-19-16(25)18-6-1-9-20-10-12-24-13-11-20/h2-5,17H,1,6-13H2,(H2,18,19,25). The van der Waals surface area contributed by atoms with Crippen LogP contribution in [0.4, 0.5) is 11.4 Å². The molecular formula is C16H25N5O3S. The zero-order valence-corrected chi connectivity index (χ0v) is 15.0. The lowest BCUT2D eigenvalue weighted by Gasteiger charge is -2.26. The highest BCUT2D eigenvalue weighted by Crippen LogP contribution is 2.14. The van der Waals surface area contributed by atoms with Crippen molar-refractivity contribution in [2.24, 2.45) is 0 Å². The average Bonchev–Trinajstić information content (AvgIpc) is 2.63. The first-order valence-corrected chi connectivity index (χ1v) is 8.86. The van der Waals surface area contributed by atoms with E-state index in [-0.39, 0.29) is 5.69 Å². The molecule has 1 aromatic carbocycles. The number of nitro groups is 1. The van der Waals surface area contributed by atoms with E-state index in [1.165, 1.54) is 12.1 Å². The number of benzene rings is 1. The van der Waals surface area contributed by atoms with Gasteiger partial charge in [0.2, 0.25) is 0 Å². The van der Waals surface area contributed by atoms with Gasteiger partial charge in [0.25, 0.3) is 5.69 Å². The van der Waals surface area contributed by atoms with Crippen molar-refractivity contribution in [3.63, 3.8) is 0 Å². The second-order valence-electron chi connectivity index (χ2n) is 5.72. The minimum atomic E-state index is -0.408. The number of rotatable bonds is 9. The number of nitro benzene ring substituents is 1. The second kappa shape index (κ2) is 10.8. The van der Waals surface area contributed by atoms with E-state index in [1.54, 1.807) is 12.1 Å². The molecule has 25 heavy (non-hydrogen) atoms. The Morgan fingerprint density at radius 2 is 1.84 bits per heavy atom. The van der Waals surface area contributed by atoms with Crippen molar-refractivity contribution in [3.05, 3.63) is 34.4 Å². The van der Waals surface area contributed by atoms with Crippen LogP contribution in [0.5, 0.6) is 0 Å². The van der Waals surface area contributed by atoms with Crippen molar-refractivity contribution in [1.29, 1.82) is 0 Å². The summed E-state index contributed by atoms with van der Waals surface area (Å²) >= 11 is 5.24. The van der Waals surface area contributed by atoms with Gasteiger partial charge in [0.05, 0.1) is 18.1 Å². The van der Waals surface area contributed by atoms with E-state index in [0.29, 0.717) is 18.2 Å². The van der Waals surface area contributed by atoms with Gasteiger partial charge >= 0.3 is 0 Å². The smallest absolute Gasteiger partial charge is 0.269 e. The van der Waals surface area contributed by atoms with Crippen LogP contribution in [0.2, 0.25) is 0 Å². The summed E-state index contributed by atoms with van der Waals surface area (Å²) in [6.07, 6.45) is 1.04. The van der Waals surface area contributed by atoms with E-state index in [4.69, 9.17) is 17.0 Å². The van der Waals surface area contributed by atoms with Gasteiger partial charge in [-0.05, 0) is 37.3 Å². The van der Waals surface area contributed by atoms with Gasteiger partial charge in [0, 0.05) is 50.5 Å². The molecular weight excluding hydrogens is 342 g/mol. The zero-order valence-electron chi connectivity index (χ0n) is 14.2. The summed E-state index contributed by atoms with van der Waals surface area (Å²) in [6, 6.07) is 6.35. The molecule has 0 saturated carbocycles. The van der Waals surface area contributed by atoms with Crippen LogP contribution < -0.4 is 16.0 Å². The topological polar surface area (TPSA) is 91.7 Å². The number of morpholine rings is 1. The molecule has 0 aromatic heterocycles. The predicted octanol–water partition coefficient (Wildman–Crippen LogP) is 1.19. The van der Waals surface area contributed by atoms with Gasteiger partial charge in [-0.2, -0.15) is 0 Å². The first kappa shape index (κ1) is 19.4. The predicted molar refractivity (Wildman–Crippen MR) is 102 cm³/mol. The third-order valence-electron chi connectivity index (χ3n) is 3.86. The summed E-state index contributed by atoms with van der Waals surface area (Å²) in [5.41, 5.74) is 0.933. The molecule has 8 nitrogen and oxygen atoms in total. The maximum Gasteiger partial charge on any atom is 0.269 e. The van der Waals surface area contributed by atoms with E-state index in [2.05, 4.69) is 20.9 Å². The number of non-ortho nitro benzene ring substituents is 1. The van der Waals surface area contributed by atoms with Crippen LogP contribution in [0.3, 0.4) is 0 Å². The molecule has 2 rings (SSSR count). The van der Waals surface area contributed by atoms with Crippen LogP contribution in [0, 0.1) is 10.1 Å². The number of hydrogen-bond donors (Lipinski definition) is 3. The molecule has 1 saturated heterocycles. The third kappa shape index (κ3) is 7.63. The molecule has 138 valence electrons. The summed E-state index contributed by atoms with van der Waals surface area (Å²) < 4.78 is 5.32. The Balaban J connectivity index is 1.49. The molecule has 9 heteroatoms. The van der Waals surface area contributed by atoms with Crippen molar-refractivity contribution in [3.8, 4) is 0 Å². The number of thiocarbonyl (C=S) groups is 1. The van der Waals surface area contributed by atoms with Crippen LogP contribution in [0.25, 0.3) is 0 Å². The minimum Gasteiger partial charge on any atom is -0.383 e. The fourth-order valence-corrected chi connectivity index (χ4v) is 2.68. The monoisotopic (exact) mass is 367 g/mol. The van der Waals surface area contributed by atoms with Gasteiger partial charge in [0.15, 0.2) is 5.11 Å². The van der Waals surface area contributed by atoms with E-state index in [0.717, 1.165) is 51.5 Å². The Bertz CT molecular complexity index is 549. The summed E-state index contributed by atoms with van der Waals surface area (Å²) in [4.78, 5) is 12.6. The highest BCUT2D eigenvalue weighted by atomic mass is 32.1. The lowest BCUT2D eigenvalue weighted by Crippen LogP contribution is -2.40. The molecule has 0 amide bonds. The van der Waals surface area contributed by atoms with Crippen molar-refractivity contribution in [2.45, 2.75) is 6.42 Å². The largest absolute Gasteiger partial charge is 0.383 e. The summed E-state index contributed by atoms with van der Waals surface area (Å²) in [5.74, 6) is 0. The Hall–Kier alpha value is -1.97. The summed E-state index contributed by atoms with van der Waals surface area (Å²) in [5, 5.41) is 20.8. The Morgan fingerprint density at radius 3 is 2.52 bits per heavy atom. The van der Waals surface area contributed by atoms with Crippen molar-refractivity contribution in [1.82, 2.24) is 15.5 Å². The van der Waals surface area contributed by atoms with E-state index in [9.17, 15) is 10.1 Å². The maximum atomic E-state index is 10.6. The van der Waals surface area contributed by atoms with E-state index < -0.39 is 4.92 Å². The van der Waals surface area contributed by atoms with Crippen molar-refractivity contribution in [2.75, 3.05) is 57.8 Å². The molecule has 0 unspecified atom stereocenters. The van der Waals surface area contributed by atoms with Gasteiger partial charge in [-0.15, -0.1) is 0 Å². The lowest BCUT2D eigenvalue weighted by atomic mass is 10.3. The quantitative estimate of drug-likeness (QED) is 0.259. The molecule has 0 atom stereocenters. The molecule has 1 aromatic rings. The summed E-state index contributed by atoms with van der Waals surface area (Å²) in [7, 11) is 0. The number of nitrogens with zero attached hydrogens (tertiary/aromatic N) is 2. The Morgan fingerprint density at radius 1 is 1.16 bits per heavy atom. The molecule has 0 radical (unpaired) electrons. The van der Waals surface area contributed by atoms with Gasteiger partial charge < -0.3 is 20.7 Å². The number of nitrogens with one attached hydrogen (secondary N) is 3. The zero-order chi connectivity index (χ0) is 17.9. The molecule has 1 aliphatic rings. The molecule has 1 heterocycles. The van der Waals surface area contributed by atoms with Gasteiger partial charge in [-0.3, -0.25) is 15.0 Å². The highest BCUT2D eigenvalue weighted by Gasteiger charge is 2.09. The Kier molecular flexibility index (Phi) is 8.36. The van der Waals surface area contributed by atoms with Crippen LogP contribution in [0.1, 0.15) is 6.42 Å². The maximum absolute atomic E-state index is 10.6.